The van der Waals surface area contributed by atoms with Gasteiger partial charge in [-0.05, 0) is 61.2 Å². The molecular formula is C21H22Cl2N2O4S. The smallest absolute Gasteiger partial charge is 0.310 e. The first kappa shape index (κ1) is 21.4. The number of fused-ring (bicyclic) bond motifs is 1. The molecule has 2 aromatic rings. The van der Waals surface area contributed by atoms with Crippen LogP contribution in [0.5, 0.6) is 0 Å². The summed E-state index contributed by atoms with van der Waals surface area (Å²) in [7, 11) is -3.72. The van der Waals surface area contributed by atoms with E-state index in [-0.39, 0.29) is 10.9 Å². The normalized spacial score (nSPS) is 22.2. The Morgan fingerprint density at radius 3 is 2.53 bits per heavy atom. The highest BCUT2D eigenvalue weighted by molar-refractivity contribution is 7.89. The topological polar surface area (TPSA) is 77.9 Å². The quantitative estimate of drug-likeness (QED) is 0.733. The third kappa shape index (κ3) is 3.80. The lowest BCUT2D eigenvalue weighted by molar-refractivity contribution is -0.138. The van der Waals surface area contributed by atoms with Gasteiger partial charge in [0.2, 0.25) is 10.0 Å². The number of benzene rings is 2. The van der Waals surface area contributed by atoms with Crippen LogP contribution in [-0.2, 0) is 21.2 Å². The number of rotatable bonds is 4. The Morgan fingerprint density at radius 2 is 1.87 bits per heavy atom. The number of sulfonamides is 1. The summed E-state index contributed by atoms with van der Waals surface area (Å²) in [5.74, 6) is -1.55. The van der Waals surface area contributed by atoms with Crippen molar-refractivity contribution < 1.29 is 18.3 Å². The van der Waals surface area contributed by atoms with Gasteiger partial charge in [0.25, 0.3) is 0 Å². The largest absolute Gasteiger partial charge is 0.481 e. The average molecular weight is 469 g/mol. The van der Waals surface area contributed by atoms with Crippen molar-refractivity contribution in [2.75, 3.05) is 24.5 Å². The molecule has 0 radical (unpaired) electrons. The van der Waals surface area contributed by atoms with Crippen LogP contribution in [-0.4, -0.2) is 49.5 Å². The Balaban J connectivity index is 1.56. The van der Waals surface area contributed by atoms with E-state index in [1.54, 1.807) is 30.3 Å². The second-order valence-corrected chi connectivity index (χ2v) is 10.5. The zero-order valence-corrected chi connectivity index (χ0v) is 18.7. The molecule has 1 heterocycles. The number of nitrogens with zero attached hydrogens (tertiary/aromatic N) is 2. The third-order valence-corrected chi connectivity index (χ3v) is 8.56. The summed E-state index contributed by atoms with van der Waals surface area (Å²) in [6.45, 7) is 3.13. The van der Waals surface area contributed by atoms with Crippen molar-refractivity contribution in [1.29, 1.82) is 0 Å². The first-order valence-corrected chi connectivity index (χ1v) is 12.0. The third-order valence-electron chi connectivity index (χ3n) is 5.96. The fourth-order valence-corrected chi connectivity index (χ4v) is 6.18. The van der Waals surface area contributed by atoms with Gasteiger partial charge in [-0.25, -0.2) is 8.42 Å². The Hall–Kier alpha value is -1.80. The Bertz CT molecular complexity index is 1110. The number of aliphatic carboxylic acids is 1. The van der Waals surface area contributed by atoms with E-state index in [1.807, 2.05) is 13.0 Å². The molecule has 0 amide bonds. The molecule has 2 atom stereocenters. The van der Waals surface area contributed by atoms with Crippen LogP contribution in [0.4, 0.5) is 5.69 Å². The van der Waals surface area contributed by atoms with Gasteiger partial charge >= 0.3 is 5.97 Å². The molecular weight excluding hydrogens is 447 g/mol. The zero-order chi connectivity index (χ0) is 21.6. The van der Waals surface area contributed by atoms with Gasteiger partial charge in [-0.1, -0.05) is 29.3 Å². The molecule has 1 saturated heterocycles. The fourth-order valence-electron chi connectivity index (χ4n) is 4.34. The maximum absolute atomic E-state index is 13.3. The molecule has 0 spiro atoms. The summed E-state index contributed by atoms with van der Waals surface area (Å²) in [5, 5.41) is 10.4. The van der Waals surface area contributed by atoms with Crippen LogP contribution in [0.3, 0.4) is 0 Å². The van der Waals surface area contributed by atoms with Crippen LogP contribution >= 0.6 is 23.2 Å². The lowest BCUT2D eigenvalue weighted by Crippen LogP contribution is -2.53. The molecule has 0 bridgehead atoms. The summed E-state index contributed by atoms with van der Waals surface area (Å²) < 4.78 is 28.0. The zero-order valence-electron chi connectivity index (χ0n) is 16.4. The van der Waals surface area contributed by atoms with Gasteiger partial charge < -0.3 is 10.0 Å². The van der Waals surface area contributed by atoms with E-state index in [0.29, 0.717) is 48.1 Å². The second kappa shape index (κ2) is 8.04. The molecule has 1 aliphatic heterocycles. The number of carboxylic acids is 1. The number of carboxylic acid groups (broad SMARTS) is 1. The van der Waals surface area contributed by atoms with Crippen molar-refractivity contribution in [3.63, 3.8) is 0 Å². The van der Waals surface area contributed by atoms with E-state index < -0.39 is 21.9 Å². The van der Waals surface area contributed by atoms with Crippen LogP contribution in [0.1, 0.15) is 30.4 Å². The van der Waals surface area contributed by atoms with Gasteiger partial charge in [0, 0.05) is 31.4 Å². The molecule has 1 aliphatic carbocycles. The molecule has 0 saturated carbocycles. The number of anilines is 1. The van der Waals surface area contributed by atoms with Crippen molar-refractivity contribution >= 4 is 44.9 Å². The Morgan fingerprint density at radius 1 is 1.10 bits per heavy atom. The van der Waals surface area contributed by atoms with Crippen LogP contribution < -0.4 is 4.90 Å². The highest BCUT2D eigenvalue weighted by Gasteiger charge is 2.35. The van der Waals surface area contributed by atoms with Crippen molar-refractivity contribution in [3.8, 4) is 0 Å². The maximum atomic E-state index is 13.3. The summed E-state index contributed by atoms with van der Waals surface area (Å²) in [6.07, 6.45) is 1.17. The molecule has 2 aromatic carbocycles. The van der Waals surface area contributed by atoms with Crippen molar-refractivity contribution in [3.05, 3.63) is 57.6 Å². The lowest BCUT2D eigenvalue weighted by atomic mass is 10.0. The first-order chi connectivity index (χ1) is 14.2. The van der Waals surface area contributed by atoms with Crippen molar-refractivity contribution in [2.45, 2.75) is 36.6 Å². The van der Waals surface area contributed by atoms with Gasteiger partial charge in [-0.15, -0.1) is 0 Å². The highest BCUT2D eigenvalue weighted by Crippen LogP contribution is 2.36. The molecule has 6 nitrogen and oxygen atoms in total. The molecule has 0 aromatic heterocycles. The molecule has 4 rings (SSSR count). The number of halogens is 2. The van der Waals surface area contributed by atoms with E-state index >= 15 is 0 Å². The maximum Gasteiger partial charge on any atom is 0.310 e. The standard InChI is InChI=1S/C21H22Cl2N2O4S/c1-13-12-24(8-9-25(13)15-4-7-19(22)20(23)10-15)30(28,29)16-5-2-14-3-6-17(21(26)27)18(14)11-16/h2,4-5,7,10-11,13,17H,3,6,8-9,12H2,1H3,(H,26,27)/t13-,17?/m0/s1. The van der Waals surface area contributed by atoms with Crippen LogP contribution in [0.25, 0.3) is 0 Å². The number of hydrogen-bond donors (Lipinski definition) is 1. The van der Waals surface area contributed by atoms with Gasteiger partial charge in [0.15, 0.2) is 0 Å². The summed E-state index contributed by atoms with van der Waals surface area (Å²) in [6, 6.07) is 10.2. The molecule has 2 aliphatic rings. The van der Waals surface area contributed by atoms with Gasteiger partial charge in [-0.2, -0.15) is 4.31 Å². The van der Waals surface area contributed by atoms with Crippen LogP contribution in [0, 0.1) is 0 Å². The monoisotopic (exact) mass is 468 g/mol. The molecule has 1 unspecified atom stereocenters. The van der Waals surface area contributed by atoms with Crippen molar-refractivity contribution in [1.82, 2.24) is 4.31 Å². The molecule has 30 heavy (non-hydrogen) atoms. The molecule has 9 heteroatoms. The van der Waals surface area contributed by atoms with E-state index in [2.05, 4.69) is 4.90 Å². The highest BCUT2D eigenvalue weighted by atomic mass is 35.5. The number of hydrogen-bond acceptors (Lipinski definition) is 4. The minimum absolute atomic E-state index is 0.0630. The van der Waals surface area contributed by atoms with Gasteiger partial charge in [0.05, 0.1) is 20.9 Å². The van der Waals surface area contributed by atoms with E-state index in [1.165, 1.54) is 4.31 Å². The Kier molecular flexibility index (Phi) is 5.74. The van der Waals surface area contributed by atoms with Gasteiger partial charge in [0.1, 0.15) is 0 Å². The van der Waals surface area contributed by atoms with E-state index in [9.17, 15) is 18.3 Å². The average Bonchev–Trinajstić information content (AvgIpc) is 3.13. The fraction of sp³-hybridized carbons (Fsp3) is 0.381. The summed E-state index contributed by atoms with van der Waals surface area (Å²) in [4.78, 5) is 13.8. The van der Waals surface area contributed by atoms with Crippen LogP contribution in [0.15, 0.2) is 41.3 Å². The summed E-state index contributed by atoms with van der Waals surface area (Å²) >= 11 is 12.1. The molecule has 1 fully saturated rings. The van der Waals surface area contributed by atoms with Crippen molar-refractivity contribution in [2.24, 2.45) is 0 Å². The number of aryl methyl sites for hydroxylation is 1. The minimum atomic E-state index is -3.72. The SMILES string of the molecule is C[C@H]1CN(S(=O)(=O)c2ccc3c(c2)C(C(=O)O)CC3)CCN1c1ccc(Cl)c(Cl)c1. The van der Waals surface area contributed by atoms with E-state index in [0.717, 1.165) is 11.3 Å². The first-order valence-electron chi connectivity index (χ1n) is 9.76. The molecule has 160 valence electrons. The Labute approximate surface area is 186 Å². The number of carbonyl (C=O) groups is 1. The van der Waals surface area contributed by atoms with Gasteiger partial charge in [-0.3, -0.25) is 4.79 Å². The van der Waals surface area contributed by atoms with Crippen LogP contribution in [0.2, 0.25) is 10.0 Å². The summed E-state index contributed by atoms with van der Waals surface area (Å²) in [5.41, 5.74) is 2.43. The lowest BCUT2D eigenvalue weighted by Gasteiger charge is -2.40. The minimum Gasteiger partial charge on any atom is -0.481 e. The second-order valence-electron chi connectivity index (χ2n) is 7.79. The van der Waals surface area contributed by atoms with E-state index in [4.69, 9.17) is 23.2 Å². The predicted octanol–water partition coefficient (Wildman–Crippen LogP) is 4.01. The molecule has 1 N–H and O–H groups in total. The number of piperazine rings is 1. The predicted molar refractivity (Wildman–Crippen MR) is 117 cm³/mol.